The molecule has 23 heavy (non-hydrogen) atoms. The van der Waals surface area contributed by atoms with E-state index in [9.17, 15) is 4.79 Å². The number of carbonyl (C=O) groups is 1. The molecule has 1 aromatic carbocycles. The highest BCUT2D eigenvalue weighted by Gasteiger charge is 2.28. The Bertz CT molecular complexity index is 656. The van der Waals surface area contributed by atoms with Gasteiger partial charge >= 0.3 is 6.09 Å². The summed E-state index contributed by atoms with van der Waals surface area (Å²) in [5, 5.41) is 2.87. The van der Waals surface area contributed by atoms with E-state index in [2.05, 4.69) is 20.2 Å². The van der Waals surface area contributed by atoms with Crippen molar-refractivity contribution in [1.29, 1.82) is 0 Å². The summed E-state index contributed by atoms with van der Waals surface area (Å²) >= 11 is 0. The van der Waals surface area contributed by atoms with Crippen molar-refractivity contribution in [3.05, 3.63) is 24.3 Å². The van der Waals surface area contributed by atoms with E-state index in [1.54, 1.807) is 0 Å². The van der Waals surface area contributed by atoms with Crippen molar-refractivity contribution >= 4 is 23.1 Å². The largest absolute Gasteiger partial charge is 0.444 e. The van der Waals surface area contributed by atoms with E-state index in [1.807, 2.05) is 45.0 Å². The summed E-state index contributed by atoms with van der Waals surface area (Å²) < 4.78 is 5.29. The second kappa shape index (κ2) is 6.10. The summed E-state index contributed by atoms with van der Waals surface area (Å²) in [5.41, 5.74) is 1.53. The molecule has 6 nitrogen and oxygen atoms in total. The number of fused-ring (bicyclic) bond motifs is 1. The van der Waals surface area contributed by atoms with E-state index in [-0.39, 0.29) is 12.1 Å². The molecule has 0 saturated carbocycles. The van der Waals surface area contributed by atoms with Crippen molar-refractivity contribution in [1.82, 2.24) is 15.3 Å². The summed E-state index contributed by atoms with van der Waals surface area (Å²) in [6.45, 7) is 7.10. The number of alkyl carbamates (subject to hydrolysis) is 1. The molecule has 1 fully saturated rings. The van der Waals surface area contributed by atoms with Crippen LogP contribution >= 0.6 is 0 Å². The molecule has 2 aromatic rings. The number of aromatic amines is 1. The molecule has 1 aromatic heterocycles. The van der Waals surface area contributed by atoms with Crippen molar-refractivity contribution < 1.29 is 9.53 Å². The number of nitrogens with zero attached hydrogens (tertiary/aromatic N) is 2. The van der Waals surface area contributed by atoms with E-state index in [0.29, 0.717) is 6.54 Å². The van der Waals surface area contributed by atoms with Crippen LogP contribution in [0.5, 0.6) is 0 Å². The maximum Gasteiger partial charge on any atom is 0.407 e. The van der Waals surface area contributed by atoms with Gasteiger partial charge < -0.3 is 19.9 Å². The second-order valence-corrected chi connectivity index (χ2v) is 6.95. The first-order valence-electron chi connectivity index (χ1n) is 8.11. The van der Waals surface area contributed by atoms with Crippen LogP contribution < -0.4 is 10.2 Å². The van der Waals surface area contributed by atoms with Gasteiger partial charge in [0, 0.05) is 19.1 Å². The number of para-hydroxylation sites is 2. The minimum absolute atomic E-state index is 0.239. The van der Waals surface area contributed by atoms with Gasteiger partial charge in [-0.2, -0.15) is 0 Å². The number of imidazole rings is 1. The lowest BCUT2D eigenvalue weighted by Crippen LogP contribution is -2.42. The van der Waals surface area contributed by atoms with Gasteiger partial charge in [0.1, 0.15) is 5.60 Å². The summed E-state index contributed by atoms with van der Waals surface area (Å²) in [7, 11) is 0. The number of H-pyrrole nitrogens is 1. The molecule has 0 radical (unpaired) electrons. The number of rotatable bonds is 3. The Morgan fingerprint density at radius 3 is 2.96 bits per heavy atom. The number of hydrogen-bond donors (Lipinski definition) is 2. The maximum absolute atomic E-state index is 11.8. The first-order chi connectivity index (χ1) is 10.9. The van der Waals surface area contributed by atoms with Crippen molar-refractivity contribution in [2.75, 3.05) is 18.0 Å². The standard InChI is InChI=1S/C17H24N4O2/c1-17(2,3)23-16(22)18-11-12-7-6-10-21(12)15-19-13-8-4-5-9-14(13)20-15/h4-5,8-9,12H,6-7,10-11H2,1-3H3,(H,18,22)(H,19,20). The van der Waals surface area contributed by atoms with Gasteiger partial charge in [0.2, 0.25) is 5.95 Å². The molecule has 0 bridgehead atoms. The average Bonchev–Trinajstić information content (AvgIpc) is 3.09. The Morgan fingerprint density at radius 2 is 2.22 bits per heavy atom. The Labute approximate surface area is 136 Å². The van der Waals surface area contributed by atoms with Gasteiger partial charge in [-0.3, -0.25) is 0 Å². The highest BCUT2D eigenvalue weighted by Crippen LogP contribution is 2.25. The molecule has 0 aliphatic carbocycles. The van der Waals surface area contributed by atoms with Gasteiger partial charge in [0.05, 0.1) is 11.0 Å². The topological polar surface area (TPSA) is 70.2 Å². The van der Waals surface area contributed by atoms with Crippen molar-refractivity contribution in [3.63, 3.8) is 0 Å². The Morgan fingerprint density at radius 1 is 1.43 bits per heavy atom. The zero-order chi connectivity index (χ0) is 16.4. The van der Waals surface area contributed by atoms with Crippen molar-refractivity contribution in [2.24, 2.45) is 0 Å². The predicted molar refractivity (Wildman–Crippen MR) is 90.7 cm³/mol. The second-order valence-electron chi connectivity index (χ2n) is 6.95. The lowest BCUT2D eigenvalue weighted by atomic mass is 10.2. The molecule has 1 aliphatic heterocycles. The Hall–Kier alpha value is -2.24. The summed E-state index contributed by atoms with van der Waals surface area (Å²) in [4.78, 5) is 22.1. The number of amides is 1. The van der Waals surface area contributed by atoms with E-state index in [1.165, 1.54) is 0 Å². The number of aromatic nitrogens is 2. The molecule has 124 valence electrons. The molecule has 3 rings (SSSR count). The minimum Gasteiger partial charge on any atom is -0.444 e. The molecule has 1 saturated heterocycles. The van der Waals surface area contributed by atoms with E-state index in [0.717, 1.165) is 36.4 Å². The summed E-state index contributed by atoms with van der Waals surface area (Å²) in [5.74, 6) is 0.875. The van der Waals surface area contributed by atoms with Crippen LogP contribution in [-0.4, -0.2) is 40.8 Å². The smallest absolute Gasteiger partial charge is 0.407 e. The zero-order valence-electron chi connectivity index (χ0n) is 13.9. The number of nitrogens with one attached hydrogen (secondary N) is 2. The maximum atomic E-state index is 11.8. The molecule has 6 heteroatoms. The van der Waals surface area contributed by atoms with Crippen molar-refractivity contribution in [3.8, 4) is 0 Å². The molecule has 1 aliphatic rings. The third-order valence-electron chi connectivity index (χ3n) is 3.91. The lowest BCUT2D eigenvalue weighted by molar-refractivity contribution is 0.0525. The third-order valence-corrected chi connectivity index (χ3v) is 3.91. The van der Waals surface area contributed by atoms with Crippen LogP contribution in [0.3, 0.4) is 0 Å². The monoisotopic (exact) mass is 316 g/mol. The molecule has 1 atom stereocenters. The Kier molecular flexibility index (Phi) is 4.15. The summed E-state index contributed by atoms with van der Waals surface area (Å²) in [6, 6.07) is 8.24. The summed E-state index contributed by atoms with van der Waals surface area (Å²) in [6.07, 6.45) is 1.76. The predicted octanol–water partition coefficient (Wildman–Crippen LogP) is 3.06. The zero-order valence-corrected chi connectivity index (χ0v) is 13.9. The number of hydrogen-bond acceptors (Lipinski definition) is 4. The number of carbonyl (C=O) groups excluding carboxylic acids is 1. The van der Waals surface area contributed by atoms with Crippen LogP contribution in [0.15, 0.2) is 24.3 Å². The van der Waals surface area contributed by atoms with Crippen LogP contribution in [0.4, 0.5) is 10.7 Å². The first kappa shape index (κ1) is 15.6. The van der Waals surface area contributed by atoms with Gasteiger partial charge in [-0.25, -0.2) is 9.78 Å². The number of benzene rings is 1. The molecule has 1 amide bonds. The van der Waals surface area contributed by atoms with Gasteiger partial charge in [0.15, 0.2) is 0 Å². The highest BCUT2D eigenvalue weighted by molar-refractivity contribution is 5.77. The SMILES string of the molecule is CC(C)(C)OC(=O)NCC1CCCN1c1nc2ccccc2[nH]1. The third kappa shape index (κ3) is 3.75. The Balaban J connectivity index is 1.65. The van der Waals surface area contributed by atoms with Crippen molar-refractivity contribution in [2.45, 2.75) is 45.3 Å². The average molecular weight is 316 g/mol. The van der Waals surface area contributed by atoms with Crippen LogP contribution in [0.1, 0.15) is 33.6 Å². The molecule has 0 spiro atoms. The molecular formula is C17H24N4O2. The highest BCUT2D eigenvalue weighted by atomic mass is 16.6. The minimum atomic E-state index is -0.474. The molecule has 2 N–H and O–H groups in total. The lowest BCUT2D eigenvalue weighted by Gasteiger charge is -2.25. The van der Waals surface area contributed by atoms with Crippen LogP contribution in [0.2, 0.25) is 0 Å². The van der Waals surface area contributed by atoms with Gasteiger partial charge in [-0.1, -0.05) is 12.1 Å². The molecule has 2 heterocycles. The van der Waals surface area contributed by atoms with Gasteiger partial charge in [0.25, 0.3) is 0 Å². The molecular weight excluding hydrogens is 292 g/mol. The van der Waals surface area contributed by atoms with E-state index < -0.39 is 5.60 Å². The number of anilines is 1. The first-order valence-corrected chi connectivity index (χ1v) is 8.11. The molecule has 1 unspecified atom stereocenters. The fourth-order valence-electron chi connectivity index (χ4n) is 2.92. The van der Waals surface area contributed by atoms with Crippen LogP contribution in [0.25, 0.3) is 11.0 Å². The quantitative estimate of drug-likeness (QED) is 0.913. The van der Waals surface area contributed by atoms with Crippen LogP contribution in [-0.2, 0) is 4.74 Å². The van der Waals surface area contributed by atoms with Gasteiger partial charge in [-0.15, -0.1) is 0 Å². The number of ether oxygens (including phenoxy) is 1. The van der Waals surface area contributed by atoms with E-state index in [4.69, 9.17) is 4.74 Å². The van der Waals surface area contributed by atoms with E-state index >= 15 is 0 Å². The fraction of sp³-hybridized carbons (Fsp3) is 0.529. The van der Waals surface area contributed by atoms with Crippen LogP contribution in [0, 0.1) is 0 Å². The fourth-order valence-corrected chi connectivity index (χ4v) is 2.92. The normalized spacial score (nSPS) is 18.4. The van der Waals surface area contributed by atoms with Gasteiger partial charge in [-0.05, 0) is 45.7 Å².